The molecular weight excluding hydrogens is 322 g/mol. The van der Waals surface area contributed by atoms with Gasteiger partial charge in [-0.2, -0.15) is 8.42 Å². The second-order valence-corrected chi connectivity index (χ2v) is 7.83. The molecule has 0 saturated carbocycles. The maximum atomic E-state index is 12.2. The van der Waals surface area contributed by atoms with E-state index in [0.29, 0.717) is 0 Å². The topological polar surface area (TPSA) is 93.1 Å². The molecule has 1 aromatic rings. The zero-order chi connectivity index (χ0) is 17.3. The van der Waals surface area contributed by atoms with Crippen LogP contribution in [0, 0.1) is 6.92 Å². The van der Waals surface area contributed by atoms with E-state index >= 15 is 0 Å². The summed E-state index contributed by atoms with van der Waals surface area (Å²) in [5.41, 5.74) is 0.247. The Morgan fingerprint density at radius 1 is 1.39 bits per heavy atom. The SMILES string of the molecule is Cc1ccc(S(=O)(=O)OC[C@H]2CN(C(=O)O)CC(C)(C)O2)cc1. The fraction of sp³-hybridized carbons (Fsp3) is 0.533. The highest BCUT2D eigenvalue weighted by Gasteiger charge is 2.36. The Hall–Kier alpha value is -1.64. The van der Waals surface area contributed by atoms with Crippen molar-refractivity contribution in [2.45, 2.75) is 37.4 Å². The first-order chi connectivity index (χ1) is 10.6. The highest BCUT2D eigenvalue weighted by molar-refractivity contribution is 7.86. The number of rotatable bonds is 4. The molecule has 1 heterocycles. The van der Waals surface area contributed by atoms with Crippen molar-refractivity contribution in [1.29, 1.82) is 0 Å². The largest absolute Gasteiger partial charge is 0.465 e. The standard InChI is InChI=1S/C15H21NO6S/c1-11-4-6-13(7-5-11)23(19,20)21-9-12-8-16(14(17)18)10-15(2,3)22-12/h4-7,12H,8-10H2,1-3H3,(H,17,18)/t12-/m1/s1. The van der Waals surface area contributed by atoms with Crippen LogP contribution in [-0.4, -0.2) is 55.9 Å². The fourth-order valence-corrected chi connectivity index (χ4v) is 3.40. The van der Waals surface area contributed by atoms with Crippen LogP contribution in [0.4, 0.5) is 4.79 Å². The highest BCUT2D eigenvalue weighted by atomic mass is 32.2. The summed E-state index contributed by atoms with van der Waals surface area (Å²) < 4.78 is 35.1. The van der Waals surface area contributed by atoms with Gasteiger partial charge in [0, 0.05) is 0 Å². The number of amides is 1. The van der Waals surface area contributed by atoms with Crippen molar-refractivity contribution in [2.24, 2.45) is 0 Å². The van der Waals surface area contributed by atoms with Crippen molar-refractivity contribution in [3.63, 3.8) is 0 Å². The summed E-state index contributed by atoms with van der Waals surface area (Å²) in [7, 11) is -3.90. The number of carboxylic acid groups (broad SMARTS) is 1. The van der Waals surface area contributed by atoms with E-state index in [2.05, 4.69) is 0 Å². The van der Waals surface area contributed by atoms with E-state index in [1.54, 1.807) is 26.0 Å². The Balaban J connectivity index is 2.04. The van der Waals surface area contributed by atoms with Crippen LogP contribution in [0.5, 0.6) is 0 Å². The van der Waals surface area contributed by atoms with Gasteiger partial charge in [-0.15, -0.1) is 0 Å². The van der Waals surface area contributed by atoms with Crippen molar-refractivity contribution in [3.8, 4) is 0 Å². The van der Waals surface area contributed by atoms with E-state index in [4.69, 9.17) is 14.0 Å². The lowest BCUT2D eigenvalue weighted by Gasteiger charge is -2.41. The van der Waals surface area contributed by atoms with Gasteiger partial charge in [0.05, 0.1) is 30.2 Å². The molecule has 1 aliphatic heterocycles. The van der Waals surface area contributed by atoms with Crippen molar-refractivity contribution in [1.82, 2.24) is 4.90 Å². The predicted octanol–water partition coefficient (Wildman–Crippen LogP) is 1.86. The van der Waals surface area contributed by atoms with E-state index in [-0.39, 0.29) is 24.6 Å². The van der Waals surface area contributed by atoms with Gasteiger partial charge in [-0.05, 0) is 32.9 Å². The molecule has 0 bridgehead atoms. The Bertz CT molecular complexity index is 668. The third-order valence-electron chi connectivity index (χ3n) is 3.47. The minimum Gasteiger partial charge on any atom is -0.465 e. The molecule has 1 N–H and O–H groups in total. The fourth-order valence-electron chi connectivity index (χ4n) is 2.47. The van der Waals surface area contributed by atoms with Gasteiger partial charge in [0.2, 0.25) is 0 Å². The van der Waals surface area contributed by atoms with E-state index in [1.165, 1.54) is 17.0 Å². The van der Waals surface area contributed by atoms with Crippen molar-refractivity contribution < 1.29 is 27.2 Å². The van der Waals surface area contributed by atoms with Crippen molar-refractivity contribution in [3.05, 3.63) is 29.8 Å². The Kier molecular flexibility index (Phi) is 4.98. The van der Waals surface area contributed by atoms with Gasteiger partial charge < -0.3 is 14.7 Å². The summed E-state index contributed by atoms with van der Waals surface area (Å²) in [5, 5.41) is 9.13. The number of hydrogen-bond acceptors (Lipinski definition) is 5. The van der Waals surface area contributed by atoms with Gasteiger partial charge in [0.25, 0.3) is 10.1 Å². The molecule has 1 fully saturated rings. The third kappa shape index (κ3) is 4.66. The smallest absolute Gasteiger partial charge is 0.407 e. The van der Waals surface area contributed by atoms with Crippen LogP contribution in [-0.2, 0) is 19.0 Å². The Labute approximate surface area is 135 Å². The zero-order valence-electron chi connectivity index (χ0n) is 13.4. The van der Waals surface area contributed by atoms with Crippen LogP contribution >= 0.6 is 0 Å². The molecule has 1 aromatic carbocycles. The molecule has 0 radical (unpaired) electrons. The number of aryl methyl sites for hydroxylation is 1. The van der Waals surface area contributed by atoms with Crippen molar-refractivity contribution in [2.75, 3.05) is 19.7 Å². The van der Waals surface area contributed by atoms with Gasteiger partial charge in [0.15, 0.2) is 0 Å². The minimum absolute atomic E-state index is 0.0632. The van der Waals surface area contributed by atoms with E-state index in [1.807, 2.05) is 6.92 Å². The second kappa shape index (κ2) is 6.46. The lowest BCUT2D eigenvalue weighted by atomic mass is 10.1. The molecule has 7 nitrogen and oxygen atoms in total. The molecule has 1 aliphatic rings. The van der Waals surface area contributed by atoms with Crippen LogP contribution in [0.1, 0.15) is 19.4 Å². The molecule has 0 aromatic heterocycles. The van der Waals surface area contributed by atoms with Crippen LogP contribution in [0.3, 0.4) is 0 Å². The molecule has 0 spiro atoms. The maximum absolute atomic E-state index is 12.2. The average Bonchev–Trinajstić information content (AvgIpc) is 2.44. The summed E-state index contributed by atoms with van der Waals surface area (Å²) in [6, 6.07) is 6.31. The monoisotopic (exact) mass is 343 g/mol. The normalized spacial score (nSPS) is 21.2. The molecule has 8 heteroatoms. The van der Waals surface area contributed by atoms with Crippen molar-refractivity contribution >= 4 is 16.2 Å². The lowest BCUT2D eigenvalue weighted by Crippen LogP contribution is -2.55. The number of nitrogens with zero attached hydrogens (tertiary/aromatic N) is 1. The Morgan fingerprint density at radius 3 is 2.57 bits per heavy atom. The summed E-state index contributed by atoms with van der Waals surface area (Å²) in [6.07, 6.45) is -1.71. The first-order valence-corrected chi connectivity index (χ1v) is 8.62. The number of benzene rings is 1. The highest BCUT2D eigenvalue weighted by Crippen LogP contribution is 2.22. The number of carbonyl (C=O) groups is 1. The summed E-state index contributed by atoms with van der Waals surface area (Å²) in [5.74, 6) is 0. The molecular formula is C15H21NO6S. The summed E-state index contributed by atoms with van der Waals surface area (Å²) in [4.78, 5) is 12.4. The van der Waals surface area contributed by atoms with Gasteiger partial charge in [-0.1, -0.05) is 17.7 Å². The summed E-state index contributed by atoms with van der Waals surface area (Å²) >= 11 is 0. The minimum atomic E-state index is -3.90. The van der Waals surface area contributed by atoms with Crippen LogP contribution in [0.2, 0.25) is 0 Å². The first kappa shape index (κ1) is 17.7. The molecule has 2 rings (SSSR count). The molecule has 1 atom stereocenters. The molecule has 1 saturated heterocycles. The summed E-state index contributed by atoms with van der Waals surface area (Å²) in [6.45, 7) is 5.43. The first-order valence-electron chi connectivity index (χ1n) is 7.21. The lowest BCUT2D eigenvalue weighted by molar-refractivity contribution is -0.138. The van der Waals surface area contributed by atoms with Gasteiger partial charge in [-0.25, -0.2) is 4.79 Å². The van der Waals surface area contributed by atoms with Crippen LogP contribution < -0.4 is 0 Å². The number of hydrogen-bond donors (Lipinski definition) is 1. The van der Waals surface area contributed by atoms with Gasteiger partial charge in [0.1, 0.15) is 6.10 Å². The Morgan fingerprint density at radius 2 is 2.00 bits per heavy atom. The van der Waals surface area contributed by atoms with E-state index < -0.39 is 27.9 Å². The van der Waals surface area contributed by atoms with Gasteiger partial charge >= 0.3 is 6.09 Å². The quantitative estimate of drug-likeness (QED) is 0.839. The van der Waals surface area contributed by atoms with Gasteiger partial charge in [-0.3, -0.25) is 4.18 Å². The molecule has 1 amide bonds. The van der Waals surface area contributed by atoms with Crippen LogP contribution in [0.15, 0.2) is 29.2 Å². The van der Waals surface area contributed by atoms with E-state index in [0.717, 1.165) is 5.56 Å². The zero-order valence-corrected chi connectivity index (χ0v) is 14.2. The maximum Gasteiger partial charge on any atom is 0.407 e. The average molecular weight is 343 g/mol. The molecule has 23 heavy (non-hydrogen) atoms. The van der Waals surface area contributed by atoms with Crippen LogP contribution in [0.25, 0.3) is 0 Å². The third-order valence-corrected chi connectivity index (χ3v) is 4.77. The second-order valence-electron chi connectivity index (χ2n) is 6.21. The molecule has 0 aliphatic carbocycles. The van der Waals surface area contributed by atoms with E-state index in [9.17, 15) is 13.2 Å². The molecule has 0 unspecified atom stereocenters. The molecule has 128 valence electrons. The predicted molar refractivity (Wildman–Crippen MR) is 82.9 cm³/mol. The number of morpholine rings is 1. The number of ether oxygens (including phenoxy) is 1.